The smallest absolute Gasteiger partial charge is 0.0587 e. The first-order valence-electron chi connectivity index (χ1n) is 8.10. The van der Waals surface area contributed by atoms with Crippen molar-refractivity contribution in [2.75, 3.05) is 26.8 Å². The molecule has 0 radical (unpaired) electrons. The van der Waals surface area contributed by atoms with Gasteiger partial charge in [0.1, 0.15) is 0 Å². The monoisotopic (exact) mass is 355 g/mol. The van der Waals surface area contributed by atoms with Gasteiger partial charge < -0.3 is 10.1 Å². The maximum atomic E-state index is 5.14. The van der Waals surface area contributed by atoms with E-state index in [-0.39, 0.29) is 0 Å². The zero-order valence-electron chi connectivity index (χ0n) is 13.8. The topological polar surface area (TPSA) is 21.3 Å². The Hall–Kier alpha value is -0.380. The molecular formula is C18H30BrNO. The van der Waals surface area contributed by atoms with Gasteiger partial charge in [-0.15, -0.1) is 0 Å². The second-order valence-corrected chi connectivity index (χ2v) is 6.85. The first kappa shape index (κ1) is 18.7. The lowest BCUT2D eigenvalue weighted by molar-refractivity contribution is 0.182. The summed E-state index contributed by atoms with van der Waals surface area (Å²) in [5, 5.41) is 3.58. The van der Waals surface area contributed by atoms with Gasteiger partial charge in [-0.25, -0.2) is 0 Å². The van der Waals surface area contributed by atoms with E-state index in [2.05, 4.69) is 59.4 Å². The molecule has 1 rings (SSSR count). The predicted octanol–water partition coefficient (Wildman–Crippen LogP) is 4.81. The van der Waals surface area contributed by atoms with Crippen LogP contribution in [0.3, 0.4) is 0 Å². The Balaban J connectivity index is 2.70. The Morgan fingerprint density at radius 1 is 1.19 bits per heavy atom. The summed E-state index contributed by atoms with van der Waals surface area (Å²) in [6.45, 7) is 7.39. The molecule has 1 unspecified atom stereocenters. The molecule has 0 aliphatic carbocycles. The SMILES string of the molecule is CCCCC(CC)(CNCCOC)Cc1ccc(Br)cc1. The first-order chi connectivity index (χ1) is 10.2. The average molecular weight is 356 g/mol. The summed E-state index contributed by atoms with van der Waals surface area (Å²) < 4.78 is 6.29. The summed E-state index contributed by atoms with van der Waals surface area (Å²) in [6, 6.07) is 8.78. The minimum Gasteiger partial charge on any atom is -0.383 e. The number of unbranched alkanes of at least 4 members (excludes halogenated alkanes) is 1. The molecule has 0 bridgehead atoms. The van der Waals surface area contributed by atoms with E-state index in [9.17, 15) is 0 Å². The molecule has 21 heavy (non-hydrogen) atoms. The van der Waals surface area contributed by atoms with Gasteiger partial charge in [-0.3, -0.25) is 0 Å². The average Bonchev–Trinajstić information content (AvgIpc) is 2.51. The van der Waals surface area contributed by atoms with Gasteiger partial charge in [-0.2, -0.15) is 0 Å². The van der Waals surface area contributed by atoms with Crippen LogP contribution in [-0.4, -0.2) is 26.8 Å². The summed E-state index contributed by atoms with van der Waals surface area (Å²) in [6.07, 6.45) is 6.21. The summed E-state index contributed by atoms with van der Waals surface area (Å²) in [5.74, 6) is 0. The van der Waals surface area contributed by atoms with Gasteiger partial charge >= 0.3 is 0 Å². The van der Waals surface area contributed by atoms with Gasteiger partial charge in [0.15, 0.2) is 0 Å². The number of halogens is 1. The number of hydrogen-bond acceptors (Lipinski definition) is 2. The van der Waals surface area contributed by atoms with Gasteiger partial charge in [0.25, 0.3) is 0 Å². The molecule has 0 saturated carbocycles. The third-order valence-electron chi connectivity index (χ3n) is 4.29. The molecule has 0 saturated heterocycles. The number of benzene rings is 1. The highest BCUT2D eigenvalue weighted by molar-refractivity contribution is 9.10. The van der Waals surface area contributed by atoms with Crippen LogP contribution in [-0.2, 0) is 11.2 Å². The largest absolute Gasteiger partial charge is 0.383 e. The molecule has 0 aromatic heterocycles. The van der Waals surface area contributed by atoms with Crippen molar-refractivity contribution < 1.29 is 4.74 Å². The minimum atomic E-state index is 0.359. The molecule has 0 spiro atoms. The van der Waals surface area contributed by atoms with E-state index in [1.807, 2.05) is 0 Å². The number of nitrogens with one attached hydrogen (secondary N) is 1. The van der Waals surface area contributed by atoms with Crippen molar-refractivity contribution in [3.8, 4) is 0 Å². The van der Waals surface area contributed by atoms with Gasteiger partial charge in [0, 0.05) is 24.7 Å². The predicted molar refractivity (Wildman–Crippen MR) is 94.8 cm³/mol. The summed E-state index contributed by atoms with van der Waals surface area (Å²) in [4.78, 5) is 0. The highest BCUT2D eigenvalue weighted by Crippen LogP contribution is 2.33. The van der Waals surface area contributed by atoms with E-state index in [1.54, 1.807) is 7.11 Å². The van der Waals surface area contributed by atoms with E-state index in [0.717, 1.165) is 30.6 Å². The molecule has 1 aromatic rings. The normalized spacial score (nSPS) is 14.1. The van der Waals surface area contributed by atoms with Gasteiger partial charge in [0.2, 0.25) is 0 Å². The number of hydrogen-bond donors (Lipinski definition) is 1. The van der Waals surface area contributed by atoms with Crippen LogP contribution in [0.1, 0.15) is 45.1 Å². The Bertz CT molecular complexity index is 379. The van der Waals surface area contributed by atoms with Crippen LogP contribution in [0, 0.1) is 5.41 Å². The third-order valence-corrected chi connectivity index (χ3v) is 4.81. The van der Waals surface area contributed by atoms with E-state index in [4.69, 9.17) is 4.74 Å². The van der Waals surface area contributed by atoms with Crippen molar-refractivity contribution >= 4 is 15.9 Å². The lowest BCUT2D eigenvalue weighted by atomic mass is 9.75. The number of methoxy groups -OCH3 is 1. The first-order valence-corrected chi connectivity index (χ1v) is 8.89. The second-order valence-electron chi connectivity index (χ2n) is 5.93. The molecule has 0 fully saturated rings. The number of rotatable bonds is 11. The lowest BCUT2D eigenvalue weighted by Crippen LogP contribution is -2.37. The van der Waals surface area contributed by atoms with Crippen molar-refractivity contribution in [3.63, 3.8) is 0 Å². The Morgan fingerprint density at radius 2 is 1.90 bits per heavy atom. The van der Waals surface area contributed by atoms with Gasteiger partial charge in [0.05, 0.1) is 6.61 Å². The molecule has 3 heteroatoms. The molecule has 2 nitrogen and oxygen atoms in total. The quantitative estimate of drug-likeness (QED) is 0.574. The Labute approximate surface area is 138 Å². The van der Waals surface area contributed by atoms with Crippen LogP contribution in [0.25, 0.3) is 0 Å². The van der Waals surface area contributed by atoms with Crippen molar-refractivity contribution in [2.24, 2.45) is 5.41 Å². The molecule has 0 aliphatic heterocycles. The van der Waals surface area contributed by atoms with Crippen LogP contribution in [0.15, 0.2) is 28.7 Å². The maximum absolute atomic E-state index is 5.14. The second kappa shape index (κ2) is 10.4. The highest BCUT2D eigenvalue weighted by Gasteiger charge is 2.27. The number of ether oxygens (including phenoxy) is 1. The van der Waals surface area contributed by atoms with Crippen LogP contribution < -0.4 is 5.32 Å². The molecule has 1 atom stereocenters. The van der Waals surface area contributed by atoms with Crippen LogP contribution in [0.5, 0.6) is 0 Å². The van der Waals surface area contributed by atoms with Crippen molar-refractivity contribution in [3.05, 3.63) is 34.3 Å². The fraction of sp³-hybridized carbons (Fsp3) is 0.667. The highest BCUT2D eigenvalue weighted by atomic mass is 79.9. The third kappa shape index (κ3) is 6.94. The summed E-state index contributed by atoms with van der Waals surface area (Å²) in [7, 11) is 1.76. The molecule has 1 N–H and O–H groups in total. The Morgan fingerprint density at radius 3 is 2.48 bits per heavy atom. The summed E-state index contributed by atoms with van der Waals surface area (Å²) >= 11 is 3.52. The molecule has 1 aromatic carbocycles. The van der Waals surface area contributed by atoms with E-state index in [1.165, 1.54) is 31.2 Å². The summed E-state index contributed by atoms with van der Waals surface area (Å²) in [5.41, 5.74) is 1.79. The minimum absolute atomic E-state index is 0.359. The molecule has 0 aliphatic rings. The van der Waals surface area contributed by atoms with Crippen LogP contribution in [0.4, 0.5) is 0 Å². The molecule has 0 amide bonds. The van der Waals surface area contributed by atoms with E-state index in [0.29, 0.717) is 5.41 Å². The van der Waals surface area contributed by atoms with Crippen molar-refractivity contribution in [1.82, 2.24) is 5.32 Å². The van der Waals surface area contributed by atoms with Crippen LogP contribution in [0.2, 0.25) is 0 Å². The van der Waals surface area contributed by atoms with Crippen LogP contribution >= 0.6 is 15.9 Å². The fourth-order valence-electron chi connectivity index (χ4n) is 2.78. The van der Waals surface area contributed by atoms with Crippen molar-refractivity contribution in [2.45, 2.75) is 46.0 Å². The fourth-order valence-corrected chi connectivity index (χ4v) is 3.05. The van der Waals surface area contributed by atoms with Crippen molar-refractivity contribution in [1.29, 1.82) is 0 Å². The zero-order valence-corrected chi connectivity index (χ0v) is 15.3. The van der Waals surface area contributed by atoms with Gasteiger partial charge in [-0.1, -0.05) is 54.8 Å². The molecule has 0 heterocycles. The lowest BCUT2D eigenvalue weighted by Gasteiger charge is -2.34. The van der Waals surface area contributed by atoms with E-state index >= 15 is 0 Å². The van der Waals surface area contributed by atoms with E-state index < -0.39 is 0 Å². The Kier molecular flexibility index (Phi) is 9.21. The van der Waals surface area contributed by atoms with Gasteiger partial charge in [-0.05, 0) is 42.4 Å². The zero-order chi connectivity index (χ0) is 15.6. The maximum Gasteiger partial charge on any atom is 0.0587 e. The standard InChI is InChI=1S/C18H30BrNO/c1-4-6-11-18(5-2,15-20-12-13-21-3)14-16-7-9-17(19)10-8-16/h7-10,20H,4-6,11-15H2,1-3H3. The molecular weight excluding hydrogens is 326 g/mol. The molecule has 120 valence electrons.